The molecule has 0 radical (unpaired) electrons. The predicted octanol–water partition coefficient (Wildman–Crippen LogP) is 5.47. The fourth-order valence-electron chi connectivity index (χ4n) is 8.59. The first kappa shape index (κ1) is 29.2. The maximum Gasteiger partial charge on any atom is 0.319 e. The molecule has 3 saturated heterocycles. The zero-order valence-corrected chi connectivity index (χ0v) is 25.5. The molecule has 3 aliphatic heterocycles. The van der Waals surface area contributed by atoms with E-state index < -0.39 is 35.3 Å². The zero-order chi connectivity index (χ0) is 31.7. The normalized spacial score (nSPS) is 28.1. The number of hydrogen-bond donors (Lipinski definition) is 0. The van der Waals surface area contributed by atoms with Gasteiger partial charge >= 0.3 is 6.01 Å². The van der Waals surface area contributed by atoms with Crippen molar-refractivity contribution in [3.05, 3.63) is 71.1 Å². The average molecular weight is 629 g/mol. The summed E-state index contributed by atoms with van der Waals surface area (Å²) in [6.45, 7) is 12.5. The van der Waals surface area contributed by atoms with E-state index >= 15 is 4.39 Å². The SMILES string of the molecule is [C-]#[N+]C[C@H]1CN(c2nc(OC[C@@]34CCCN3C[C@H](F)C4)nc3c(F)c(-c4cccc5c4[C@H]4C[C@H]4C5)ccc23)CCN1C(=O)C(=C)F. The Labute approximate surface area is 265 Å². The molecule has 2 aliphatic carbocycles. The van der Waals surface area contributed by atoms with Crippen LogP contribution in [0.25, 0.3) is 26.9 Å². The van der Waals surface area contributed by atoms with Crippen LogP contribution < -0.4 is 9.64 Å². The highest BCUT2D eigenvalue weighted by atomic mass is 19.1. The Morgan fingerprint density at radius 1 is 1.15 bits per heavy atom. The molecule has 0 unspecified atom stereocenters. The molecule has 4 heterocycles. The summed E-state index contributed by atoms with van der Waals surface area (Å²) in [6, 6.07) is 9.10. The average Bonchev–Trinajstić information content (AvgIpc) is 3.37. The van der Waals surface area contributed by atoms with Gasteiger partial charge in [0.05, 0.1) is 5.54 Å². The number of piperazine rings is 1. The number of halogens is 3. The van der Waals surface area contributed by atoms with Crippen molar-refractivity contribution in [3.63, 3.8) is 0 Å². The minimum atomic E-state index is -1.08. The fourth-order valence-corrected chi connectivity index (χ4v) is 8.59. The van der Waals surface area contributed by atoms with Crippen LogP contribution in [0.15, 0.2) is 42.7 Å². The number of ether oxygens (including phenoxy) is 1. The van der Waals surface area contributed by atoms with Crippen LogP contribution >= 0.6 is 0 Å². The molecule has 1 saturated carbocycles. The van der Waals surface area contributed by atoms with Gasteiger partial charge in [-0.15, -0.1) is 0 Å². The van der Waals surface area contributed by atoms with Crippen LogP contribution in [0.4, 0.5) is 19.0 Å². The standard InChI is InChI=1S/C35H35F3N6O2/c1-20(36)33(45)44-12-11-42(18-24(44)16-39-2)32-27-8-7-26(25-6-3-5-21-13-22-14-28(22)29(21)25)30(38)31(27)40-34(41-32)46-19-35-9-4-10-43(35)17-23(37)15-35/h3,5-8,22-24,28H,1,4,9-19H2/t22-,23-,24+,28+,35+/m1/s1. The summed E-state index contributed by atoms with van der Waals surface area (Å²) < 4.78 is 51.4. The van der Waals surface area contributed by atoms with Crippen LogP contribution in [0, 0.1) is 18.3 Å². The van der Waals surface area contributed by atoms with E-state index in [1.807, 2.05) is 23.1 Å². The molecule has 5 aliphatic rings. The van der Waals surface area contributed by atoms with E-state index in [1.54, 1.807) is 6.07 Å². The first-order chi connectivity index (χ1) is 22.3. The number of rotatable bonds is 7. The first-order valence-electron chi connectivity index (χ1n) is 16.1. The largest absolute Gasteiger partial charge is 0.461 e. The van der Waals surface area contributed by atoms with Crippen molar-refractivity contribution in [2.45, 2.75) is 55.8 Å². The minimum Gasteiger partial charge on any atom is -0.461 e. The van der Waals surface area contributed by atoms with Gasteiger partial charge < -0.3 is 19.4 Å². The van der Waals surface area contributed by atoms with E-state index in [4.69, 9.17) is 16.3 Å². The summed E-state index contributed by atoms with van der Waals surface area (Å²) in [7, 11) is 0. The second kappa shape index (κ2) is 11.0. The van der Waals surface area contributed by atoms with Gasteiger partial charge in [0.25, 0.3) is 5.91 Å². The third-order valence-electron chi connectivity index (χ3n) is 10.8. The van der Waals surface area contributed by atoms with Crippen molar-refractivity contribution >= 4 is 22.6 Å². The van der Waals surface area contributed by atoms with Crippen molar-refractivity contribution in [3.8, 4) is 17.1 Å². The number of nitrogens with zero attached hydrogens (tertiary/aromatic N) is 6. The van der Waals surface area contributed by atoms with Crippen LogP contribution in [0.2, 0.25) is 0 Å². The topological polar surface area (TPSA) is 66.2 Å². The second-order valence-electron chi connectivity index (χ2n) is 13.5. The lowest BCUT2D eigenvalue weighted by molar-refractivity contribution is -0.131. The maximum atomic E-state index is 16.8. The van der Waals surface area contributed by atoms with Crippen LogP contribution in [-0.2, 0) is 11.2 Å². The van der Waals surface area contributed by atoms with E-state index in [0.29, 0.717) is 41.6 Å². The van der Waals surface area contributed by atoms with E-state index in [2.05, 4.69) is 27.4 Å². The molecule has 3 aromatic rings. The summed E-state index contributed by atoms with van der Waals surface area (Å²) >= 11 is 0. The smallest absolute Gasteiger partial charge is 0.319 e. The molecule has 0 N–H and O–H groups in total. The van der Waals surface area contributed by atoms with Crippen LogP contribution in [0.5, 0.6) is 6.01 Å². The van der Waals surface area contributed by atoms with Gasteiger partial charge in [0.2, 0.25) is 6.54 Å². The number of aromatic nitrogens is 2. The monoisotopic (exact) mass is 628 g/mol. The van der Waals surface area contributed by atoms with Crippen molar-refractivity contribution < 1.29 is 22.7 Å². The molecule has 46 heavy (non-hydrogen) atoms. The molecule has 8 rings (SSSR count). The van der Waals surface area contributed by atoms with Crippen molar-refractivity contribution in [1.82, 2.24) is 19.8 Å². The number of hydrogen-bond acceptors (Lipinski definition) is 6. The fraction of sp³-hybridized carbons (Fsp3) is 0.486. The molecule has 2 aromatic carbocycles. The quantitative estimate of drug-likeness (QED) is 0.256. The van der Waals surface area contributed by atoms with Gasteiger partial charge in [-0.1, -0.05) is 30.8 Å². The number of carbonyl (C=O) groups excluding carboxylic acids is 1. The molecule has 238 valence electrons. The lowest BCUT2D eigenvalue weighted by Crippen LogP contribution is -2.56. The summed E-state index contributed by atoms with van der Waals surface area (Å²) in [5, 5.41) is 0.479. The van der Waals surface area contributed by atoms with Gasteiger partial charge in [-0.25, -0.2) is 19.7 Å². The van der Waals surface area contributed by atoms with E-state index in [9.17, 15) is 13.6 Å². The Balaban J connectivity index is 1.20. The Morgan fingerprint density at radius 3 is 2.85 bits per heavy atom. The van der Waals surface area contributed by atoms with Gasteiger partial charge in [0.15, 0.2) is 11.6 Å². The number of carbonyl (C=O) groups is 1. The third-order valence-corrected chi connectivity index (χ3v) is 10.8. The van der Waals surface area contributed by atoms with Crippen LogP contribution in [0.3, 0.4) is 0 Å². The highest BCUT2D eigenvalue weighted by Gasteiger charge is 2.50. The molecular weight excluding hydrogens is 593 g/mol. The predicted molar refractivity (Wildman–Crippen MR) is 167 cm³/mol. The molecule has 0 bridgehead atoms. The van der Waals surface area contributed by atoms with Gasteiger partial charge in [-0.2, -0.15) is 9.97 Å². The number of amides is 1. The zero-order valence-electron chi connectivity index (χ0n) is 25.5. The molecule has 8 nitrogen and oxygen atoms in total. The molecule has 1 aromatic heterocycles. The summed E-state index contributed by atoms with van der Waals surface area (Å²) in [5.41, 5.74) is 3.56. The summed E-state index contributed by atoms with van der Waals surface area (Å²) in [5.74, 6) is -0.840. The van der Waals surface area contributed by atoms with Crippen molar-refractivity contribution in [2.24, 2.45) is 5.92 Å². The van der Waals surface area contributed by atoms with E-state index in [1.165, 1.54) is 16.0 Å². The molecule has 4 fully saturated rings. The van der Waals surface area contributed by atoms with Gasteiger partial charge in [0.1, 0.15) is 30.2 Å². The lowest BCUT2D eigenvalue weighted by atomic mass is 9.93. The molecule has 0 spiro atoms. The molecule has 5 atom stereocenters. The highest BCUT2D eigenvalue weighted by Crippen LogP contribution is 2.59. The first-order valence-corrected chi connectivity index (χ1v) is 16.1. The number of alkyl halides is 1. The molecule has 1 amide bonds. The summed E-state index contributed by atoms with van der Waals surface area (Å²) in [6.07, 6.45) is 3.38. The van der Waals surface area contributed by atoms with Crippen LogP contribution in [-0.4, -0.2) is 89.3 Å². The second-order valence-corrected chi connectivity index (χ2v) is 13.5. The van der Waals surface area contributed by atoms with Crippen LogP contribution in [0.1, 0.15) is 42.7 Å². The third kappa shape index (κ3) is 4.72. The van der Waals surface area contributed by atoms with E-state index in [-0.39, 0.29) is 44.3 Å². The maximum absolute atomic E-state index is 16.8. The van der Waals surface area contributed by atoms with Gasteiger partial charge in [-0.05, 0) is 66.8 Å². The number of benzene rings is 2. The Bertz CT molecular complexity index is 1810. The van der Waals surface area contributed by atoms with Crippen molar-refractivity contribution in [2.75, 3.05) is 50.8 Å². The minimum absolute atomic E-state index is 0.00000152. The number of anilines is 1. The lowest BCUT2D eigenvalue weighted by Gasteiger charge is -2.39. The molecule has 11 heteroatoms. The van der Waals surface area contributed by atoms with Gasteiger partial charge in [0, 0.05) is 43.5 Å². The van der Waals surface area contributed by atoms with Crippen molar-refractivity contribution in [1.29, 1.82) is 0 Å². The Morgan fingerprint density at radius 2 is 2.02 bits per heavy atom. The Kier molecular flexibility index (Phi) is 6.98. The molecular formula is C35H35F3N6O2. The summed E-state index contributed by atoms with van der Waals surface area (Å²) in [4.78, 5) is 30.8. The Hall–Kier alpha value is -4.17. The highest BCUT2D eigenvalue weighted by molar-refractivity contribution is 5.95. The van der Waals surface area contributed by atoms with E-state index in [0.717, 1.165) is 37.8 Å². The number of fused-ring (bicyclic) bond motifs is 5. The van der Waals surface area contributed by atoms with Gasteiger partial charge in [-0.3, -0.25) is 9.69 Å².